The van der Waals surface area contributed by atoms with E-state index in [1.165, 1.54) is 0 Å². The zero-order chi connectivity index (χ0) is 36.5. The summed E-state index contributed by atoms with van der Waals surface area (Å²) in [7, 11) is 0. The maximum atomic E-state index is 9.36. The summed E-state index contributed by atoms with van der Waals surface area (Å²) >= 11 is 0. The van der Waals surface area contributed by atoms with Gasteiger partial charge in [0.2, 0.25) is 0 Å². The quantitative estimate of drug-likeness (QED) is 0.160. The minimum atomic E-state index is -0.584. The first kappa shape index (κ1) is 14.3. The summed E-state index contributed by atoms with van der Waals surface area (Å²) in [5.74, 6) is 0. The van der Waals surface area contributed by atoms with Crippen molar-refractivity contribution >= 4 is 65.0 Å². The third-order valence-electron chi connectivity index (χ3n) is 7.79. The zero-order valence-electron chi connectivity index (χ0n) is 32.4. The van der Waals surface area contributed by atoms with Crippen molar-refractivity contribution < 1.29 is 19.5 Å². The van der Waals surface area contributed by atoms with Crippen molar-refractivity contribution in [3.05, 3.63) is 145 Å². The number of hydrogen-bond donors (Lipinski definition) is 0. The number of rotatable bonds is 2. The third-order valence-corrected chi connectivity index (χ3v) is 7.79. The van der Waals surface area contributed by atoms with Crippen LogP contribution in [0.2, 0.25) is 0 Å². The van der Waals surface area contributed by atoms with Gasteiger partial charge in [0, 0.05) is 16.2 Å². The molecule has 0 saturated carbocycles. The van der Waals surface area contributed by atoms with E-state index in [1.54, 1.807) is 12.1 Å². The van der Waals surface area contributed by atoms with E-state index >= 15 is 0 Å². The Morgan fingerprint density at radius 3 is 2.22 bits per heavy atom. The molecule has 0 aliphatic rings. The standard InChI is InChI=1S/C40H24O/c1-2-9-25(10-3-1)31-16-8-13-27-18-21-34-36-24-29(19-22-37(36)41-40(34)39(27)31)38-32-15-7-5-12-28(32)23-35-30-14-6-4-11-26(30)17-20-33(35)38/h1-24H/i4D,5D,6D,7D,11D,12D,14D,15D,17D,20D,23D. The molecule has 0 N–H and O–H groups in total. The van der Waals surface area contributed by atoms with Gasteiger partial charge in [0.05, 0.1) is 15.1 Å². The Balaban J connectivity index is 1.49. The average Bonchev–Trinajstić information content (AvgIpc) is 3.54. The SMILES string of the molecule is [2H]c1c([2H])c([2H])c2c([2H])c3c(c([2H])c([2H])c4c([2H])c([2H])c([2H])c([2H])c43)c(-c3ccc4oc5c(ccc6cccc(-c7ccccc7)c65)c4c3)c2c1[2H]. The molecule has 8 aromatic carbocycles. The monoisotopic (exact) mass is 531 g/mol. The molecule has 190 valence electrons. The molecule has 0 aliphatic heterocycles. The van der Waals surface area contributed by atoms with Gasteiger partial charge in [-0.1, -0.05) is 121 Å². The van der Waals surface area contributed by atoms with Crippen LogP contribution in [0.1, 0.15) is 15.1 Å². The van der Waals surface area contributed by atoms with E-state index in [2.05, 4.69) is 0 Å². The first-order valence-corrected chi connectivity index (χ1v) is 13.2. The van der Waals surface area contributed by atoms with E-state index < -0.39 is 66.5 Å². The molecule has 1 nitrogen and oxygen atoms in total. The highest BCUT2D eigenvalue weighted by Crippen LogP contribution is 2.43. The van der Waals surface area contributed by atoms with Gasteiger partial charge in [-0.25, -0.2) is 0 Å². The molecule has 0 spiro atoms. The first-order valence-electron chi connectivity index (χ1n) is 18.7. The second kappa shape index (κ2) is 8.55. The molecular weight excluding hydrogens is 496 g/mol. The van der Waals surface area contributed by atoms with Crippen LogP contribution in [-0.4, -0.2) is 0 Å². The largest absolute Gasteiger partial charge is 0.455 e. The second-order valence-corrected chi connectivity index (χ2v) is 10.0. The molecule has 1 heterocycles. The van der Waals surface area contributed by atoms with Crippen LogP contribution in [0, 0.1) is 0 Å². The topological polar surface area (TPSA) is 13.1 Å². The van der Waals surface area contributed by atoms with Crippen LogP contribution in [0.25, 0.3) is 87.3 Å². The van der Waals surface area contributed by atoms with Gasteiger partial charge >= 0.3 is 0 Å². The lowest BCUT2D eigenvalue weighted by molar-refractivity contribution is 0.673. The summed E-state index contributed by atoms with van der Waals surface area (Å²) < 4.78 is 103. The van der Waals surface area contributed by atoms with Crippen LogP contribution < -0.4 is 0 Å². The van der Waals surface area contributed by atoms with Gasteiger partial charge in [-0.3, -0.25) is 0 Å². The number of hydrogen-bond acceptors (Lipinski definition) is 1. The lowest BCUT2D eigenvalue weighted by Gasteiger charge is -2.14. The smallest absolute Gasteiger partial charge is 0.143 e. The van der Waals surface area contributed by atoms with Crippen LogP contribution in [-0.2, 0) is 0 Å². The fourth-order valence-corrected chi connectivity index (χ4v) is 5.97. The van der Waals surface area contributed by atoms with Gasteiger partial charge in [0.15, 0.2) is 0 Å². The number of benzene rings is 8. The van der Waals surface area contributed by atoms with Gasteiger partial charge in [-0.2, -0.15) is 0 Å². The van der Waals surface area contributed by atoms with E-state index in [-0.39, 0.29) is 37.9 Å². The predicted molar refractivity (Wildman–Crippen MR) is 175 cm³/mol. The molecule has 9 rings (SSSR count). The van der Waals surface area contributed by atoms with Crippen molar-refractivity contribution in [2.75, 3.05) is 0 Å². The highest BCUT2D eigenvalue weighted by Gasteiger charge is 2.17. The van der Waals surface area contributed by atoms with E-state index in [9.17, 15) is 2.74 Å². The average molecular weight is 532 g/mol. The van der Waals surface area contributed by atoms with Crippen molar-refractivity contribution in [1.29, 1.82) is 0 Å². The Morgan fingerprint density at radius 1 is 0.488 bits per heavy atom. The third kappa shape index (κ3) is 3.30. The van der Waals surface area contributed by atoms with E-state index in [1.807, 2.05) is 66.7 Å². The molecule has 0 radical (unpaired) electrons. The lowest BCUT2D eigenvalue weighted by Crippen LogP contribution is -1.87. The van der Waals surface area contributed by atoms with Gasteiger partial charge < -0.3 is 4.42 Å². The molecule has 0 saturated heterocycles. The fraction of sp³-hybridized carbons (Fsp3) is 0. The van der Waals surface area contributed by atoms with Gasteiger partial charge in [0.25, 0.3) is 0 Å². The van der Waals surface area contributed by atoms with Crippen molar-refractivity contribution in [3.63, 3.8) is 0 Å². The molecule has 0 amide bonds. The molecule has 1 heteroatoms. The van der Waals surface area contributed by atoms with Gasteiger partial charge in [-0.15, -0.1) is 0 Å². The zero-order valence-corrected chi connectivity index (χ0v) is 21.4. The minimum Gasteiger partial charge on any atom is -0.455 e. The van der Waals surface area contributed by atoms with Crippen LogP contribution in [0.15, 0.2) is 150 Å². The van der Waals surface area contributed by atoms with Crippen molar-refractivity contribution in [2.24, 2.45) is 0 Å². The molecule has 1 aromatic heterocycles. The summed E-state index contributed by atoms with van der Waals surface area (Å²) in [5.41, 5.74) is 3.78. The van der Waals surface area contributed by atoms with E-state index in [0.717, 1.165) is 27.3 Å². The Hall–Kier alpha value is -5.40. The molecule has 0 atom stereocenters. The lowest BCUT2D eigenvalue weighted by atomic mass is 9.89. The molecule has 9 aromatic rings. The Labute approximate surface area is 252 Å². The van der Waals surface area contributed by atoms with E-state index in [4.69, 9.17) is 16.8 Å². The summed E-state index contributed by atoms with van der Waals surface area (Å²) in [6.45, 7) is 0. The van der Waals surface area contributed by atoms with Crippen LogP contribution in [0.5, 0.6) is 0 Å². The van der Waals surface area contributed by atoms with Crippen molar-refractivity contribution in [2.45, 2.75) is 0 Å². The molecule has 0 bridgehead atoms. The fourth-order valence-electron chi connectivity index (χ4n) is 5.97. The Bertz CT molecular complexity index is 3080. The second-order valence-electron chi connectivity index (χ2n) is 10.0. The van der Waals surface area contributed by atoms with Gasteiger partial charge in [0.1, 0.15) is 11.2 Å². The summed E-state index contributed by atoms with van der Waals surface area (Å²) in [5, 5.41) is 2.68. The Kier molecular flexibility index (Phi) is 2.98. The highest BCUT2D eigenvalue weighted by molar-refractivity contribution is 6.22. The minimum absolute atomic E-state index is 0.0194. The first-order chi connectivity index (χ1) is 24.9. The van der Waals surface area contributed by atoms with Crippen LogP contribution in [0.4, 0.5) is 0 Å². The van der Waals surface area contributed by atoms with Gasteiger partial charge in [-0.05, 0) is 84.2 Å². The van der Waals surface area contributed by atoms with Crippen LogP contribution >= 0.6 is 0 Å². The summed E-state index contributed by atoms with van der Waals surface area (Å²) in [4.78, 5) is 0. The van der Waals surface area contributed by atoms with Crippen molar-refractivity contribution in [1.82, 2.24) is 0 Å². The summed E-state index contributed by atoms with van der Waals surface area (Å²) in [6.07, 6.45) is 0. The maximum Gasteiger partial charge on any atom is 0.143 e. The maximum absolute atomic E-state index is 9.36. The molecule has 0 unspecified atom stereocenters. The Morgan fingerprint density at radius 2 is 1.32 bits per heavy atom. The molecule has 41 heavy (non-hydrogen) atoms. The normalized spacial score (nSPS) is 15.7. The van der Waals surface area contributed by atoms with Crippen LogP contribution in [0.3, 0.4) is 0 Å². The van der Waals surface area contributed by atoms with Crippen molar-refractivity contribution in [3.8, 4) is 22.3 Å². The molecule has 0 aliphatic carbocycles. The molecular formula is C40H24O. The molecule has 0 fully saturated rings. The number of furan rings is 1. The highest BCUT2D eigenvalue weighted by atomic mass is 16.3. The predicted octanol–water partition coefficient (Wildman–Crippen LogP) is 11.5. The number of fused-ring (bicyclic) bond motifs is 9. The summed E-state index contributed by atoms with van der Waals surface area (Å²) in [6, 6.07) is 19.7. The van der Waals surface area contributed by atoms with E-state index in [0.29, 0.717) is 22.1 Å².